The van der Waals surface area contributed by atoms with Gasteiger partial charge in [0.2, 0.25) is 0 Å². The molecule has 0 bridgehead atoms. The molecular formula is C17H24N2O. The lowest BCUT2D eigenvalue weighted by atomic mass is 10.1. The van der Waals surface area contributed by atoms with E-state index in [2.05, 4.69) is 54.2 Å². The molecule has 1 aromatic heterocycles. The molecule has 1 saturated carbocycles. The van der Waals surface area contributed by atoms with E-state index in [9.17, 15) is 0 Å². The minimum absolute atomic E-state index is 0.509. The van der Waals surface area contributed by atoms with Crippen molar-refractivity contribution in [1.29, 1.82) is 0 Å². The second-order valence-electron chi connectivity index (χ2n) is 6.11. The molecule has 1 N–H and O–H groups in total. The maximum atomic E-state index is 5.80. The third-order valence-electron chi connectivity index (χ3n) is 3.89. The zero-order valence-electron chi connectivity index (χ0n) is 12.4. The van der Waals surface area contributed by atoms with E-state index in [1.165, 1.54) is 29.3 Å². The van der Waals surface area contributed by atoms with Crippen molar-refractivity contribution < 1.29 is 4.74 Å². The van der Waals surface area contributed by atoms with Gasteiger partial charge in [-0.05, 0) is 36.5 Å². The van der Waals surface area contributed by atoms with Crippen LogP contribution in [-0.2, 0) is 18.0 Å². The molecule has 0 unspecified atom stereocenters. The van der Waals surface area contributed by atoms with Gasteiger partial charge >= 0.3 is 0 Å². The normalized spacial score (nSPS) is 15.3. The number of rotatable bonds is 7. The Hall–Kier alpha value is -1.32. The first-order valence-corrected chi connectivity index (χ1v) is 7.62. The van der Waals surface area contributed by atoms with E-state index < -0.39 is 0 Å². The van der Waals surface area contributed by atoms with Crippen molar-refractivity contribution in [2.24, 2.45) is 5.92 Å². The number of ether oxygens (including phenoxy) is 1. The summed E-state index contributed by atoms with van der Waals surface area (Å²) in [5, 5.41) is 4.82. The molecule has 3 heteroatoms. The second kappa shape index (κ2) is 5.98. The lowest BCUT2D eigenvalue weighted by Crippen LogP contribution is -2.21. The number of hydrogen-bond acceptors (Lipinski definition) is 2. The largest absolute Gasteiger partial charge is 0.360 e. The summed E-state index contributed by atoms with van der Waals surface area (Å²) in [6.45, 7) is 6.85. The average molecular weight is 272 g/mol. The number of benzene rings is 1. The summed E-state index contributed by atoms with van der Waals surface area (Å²) in [7, 11) is 0. The molecule has 0 aliphatic heterocycles. The average Bonchev–Trinajstić information content (AvgIpc) is 3.16. The van der Waals surface area contributed by atoms with Gasteiger partial charge in [-0.2, -0.15) is 0 Å². The fourth-order valence-electron chi connectivity index (χ4n) is 2.47. The van der Waals surface area contributed by atoms with Crippen molar-refractivity contribution in [1.82, 2.24) is 9.88 Å². The van der Waals surface area contributed by atoms with Crippen LogP contribution >= 0.6 is 0 Å². The molecule has 0 amide bonds. The summed E-state index contributed by atoms with van der Waals surface area (Å²) in [6.07, 6.45) is 4.82. The zero-order chi connectivity index (χ0) is 13.9. The summed E-state index contributed by atoms with van der Waals surface area (Å²) < 4.78 is 8.00. The molecule has 3 nitrogen and oxygen atoms in total. The van der Waals surface area contributed by atoms with Crippen LogP contribution in [0, 0.1) is 5.92 Å². The highest BCUT2D eigenvalue weighted by molar-refractivity contribution is 5.83. The molecular weight excluding hydrogens is 248 g/mol. The Morgan fingerprint density at radius 1 is 1.30 bits per heavy atom. The first-order chi connectivity index (χ1) is 9.74. The first kappa shape index (κ1) is 13.7. The van der Waals surface area contributed by atoms with Crippen LogP contribution in [0.5, 0.6) is 0 Å². The zero-order valence-corrected chi connectivity index (χ0v) is 12.4. The lowest BCUT2D eigenvalue weighted by molar-refractivity contribution is 0.0718. The van der Waals surface area contributed by atoms with Crippen LogP contribution in [0.4, 0.5) is 0 Å². The molecule has 1 fully saturated rings. The van der Waals surface area contributed by atoms with Gasteiger partial charge in [0, 0.05) is 24.2 Å². The highest BCUT2D eigenvalue weighted by Gasteiger charge is 2.21. The molecule has 0 spiro atoms. The van der Waals surface area contributed by atoms with E-state index in [1.54, 1.807) is 0 Å². The van der Waals surface area contributed by atoms with Gasteiger partial charge in [-0.15, -0.1) is 0 Å². The minimum Gasteiger partial charge on any atom is -0.360 e. The molecule has 1 aromatic carbocycles. The van der Waals surface area contributed by atoms with Crippen LogP contribution in [0.3, 0.4) is 0 Å². The van der Waals surface area contributed by atoms with E-state index >= 15 is 0 Å². The summed E-state index contributed by atoms with van der Waals surface area (Å²) in [5.41, 5.74) is 2.63. The Morgan fingerprint density at radius 2 is 2.15 bits per heavy atom. The molecule has 1 aliphatic carbocycles. The fourth-order valence-corrected chi connectivity index (χ4v) is 2.47. The van der Waals surface area contributed by atoms with Crippen molar-refractivity contribution in [3.63, 3.8) is 0 Å². The van der Waals surface area contributed by atoms with Gasteiger partial charge in [0.15, 0.2) is 0 Å². The molecule has 0 saturated heterocycles. The predicted octanol–water partition coefficient (Wildman–Crippen LogP) is 3.52. The second-order valence-corrected chi connectivity index (χ2v) is 6.11. The van der Waals surface area contributed by atoms with Crippen LogP contribution in [0.2, 0.25) is 0 Å². The van der Waals surface area contributed by atoms with E-state index in [1.807, 2.05) is 0 Å². The Balaban J connectivity index is 1.71. The van der Waals surface area contributed by atoms with Gasteiger partial charge < -0.3 is 14.6 Å². The third kappa shape index (κ3) is 3.22. The maximum Gasteiger partial charge on any atom is 0.122 e. The molecule has 1 aliphatic rings. The van der Waals surface area contributed by atoms with Crippen molar-refractivity contribution >= 4 is 10.9 Å². The molecule has 2 aromatic rings. The van der Waals surface area contributed by atoms with Crippen LogP contribution in [-0.4, -0.2) is 17.2 Å². The first-order valence-electron chi connectivity index (χ1n) is 7.62. The van der Waals surface area contributed by atoms with Crippen molar-refractivity contribution in [3.8, 4) is 0 Å². The SMILES string of the molecule is CC(C)NCc1cccc2c1ccn2COCC1CC1. The maximum absolute atomic E-state index is 5.80. The van der Waals surface area contributed by atoms with Gasteiger partial charge in [-0.25, -0.2) is 0 Å². The molecule has 1 heterocycles. The molecule has 0 radical (unpaired) electrons. The number of nitrogens with zero attached hydrogens (tertiary/aromatic N) is 1. The predicted molar refractivity (Wildman–Crippen MR) is 82.6 cm³/mol. The van der Waals surface area contributed by atoms with Gasteiger partial charge in [0.1, 0.15) is 6.73 Å². The molecule has 0 atom stereocenters. The monoisotopic (exact) mass is 272 g/mol. The number of fused-ring (bicyclic) bond motifs is 1. The van der Waals surface area contributed by atoms with Crippen LogP contribution < -0.4 is 5.32 Å². The quantitative estimate of drug-likeness (QED) is 0.834. The number of nitrogens with one attached hydrogen (secondary N) is 1. The van der Waals surface area contributed by atoms with Crippen molar-refractivity contribution in [2.75, 3.05) is 6.61 Å². The van der Waals surface area contributed by atoms with Crippen LogP contribution in [0.15, 0.2) is 30.5 Å². The lowest BCUT2D eigenvalue weighted by Gasteiger charge is -2.10. The summed E-state index contributed by atoms with van der Waals surface area (Å²) in [5.74, 6) is 0.822. The number of aromatic nitrogens is 1. The summed E-state index contributed by atoms with van der Waals surface area (Å²) >= 11 is 0. The van der Waals surface area contributed by atoms with E-state index in [4.69, 9.17) is 4.74 Å². The van der Waals surface area contributed by atoms with Gasteiger partial charge in [0.05, 0.1) is 12.1 Å². The topological polar surface area (TPSA) is 26.2 Å². The van der Waals surface area contributed by atoms with E-state index in [-0.39, 0.29) is 0 Å². The highest BCUT2D eigenvalue weighted by Crippen LogP contribution is 2.29. The molecule has 108 valence electrons. The minimum atomic E-state index is 0.509. The summed E-state index contributed by atoms with van der Waals surface area (Å²) in [6, 6.07) is 9.22. The standard InChI is InChI=1S/C17H24N2O/c1-13(2)18-10-15-4-3-5-17-16(15)8-9-19(17)12-20-11-14-6-7-14/h3-5,8-9,13-14,18H,6-7,10-12H2,1-2H3. The van der Waals surface area contributed by atoms with E-state index in [0.29, 0.717) is 12.8 Å². The third-order valence-corrected chi connectivity index (χ3v) is 3.89. The van der Waals surface area contributed by atoms with Gasteiger partial charge in [-0.3, -0.25) is 0 Å². The fraction of sp³-hybridized carbons (Fsp3) is 0.529. The smallest absolute Gasteiger partial charge is 0.122 e. The molecule has 20 heavy (non-hydrogen) atoms. The van der Waals surface area contributed by atoms with Crippen molar-refractivity contribution in [2.45, 2.75) is 46.0 Å². The Kier molecular flexibility index (Phi) is 4.08. The van der Waals surface area contributed by atoms with Crippen molar-refractivity contribution in [3.05, 3.63) is 36.0 Å². The Bertz CT molecular complexity index is 569. The Morgan fingerprint density at radius 3 is 2.90 bits per heavy atom. The van der Waals surface area contributed by atoms with Crippen LogP contribution in [0.1, 0.15) is 32.3 Å². The van der Waals surface area contributed by atoms with E-state index in [0.717, 1.165) is 19.1 Å². The van der Waals surface area contributed by atoms with Gasteiger partial charge in [0.25, 0.3) is 0 Å². The Labute approximate surface area is 120 Å². The summed E-state index contributed by atoms with van der Waals surface area (Å²) in [4.78, 5) is 0. The number of hydrogen-bond donors (Lipinski definition) is 1. The van der Waals surface area contributed by atoms with Gasteiger partial charge in [-0.1, -0.05) is 26.0 Å². The highest BCUT2D eigenvalue weighted by atomic mass is 16.5. The molecule has 3 rings (SSSR count). The van der Waals surface area contributed by atoms with Crippen LogP contribution in [0.25, 0.3) is 10.9 Å².